The molecule has 0 saturated carbocycles. The first-order valence-corrected chi connectivity index (χ1v) is 12.2. The summed E-state index contributed by atoms with van der Waals surface area (Å²) in [5.74, 6) is 0.318. The maximum atomic E-state index is 11.4. The van der Waals surface area contributed by atoms with Crippen LogP contribution in [0.15, 0.2) is 23.2 Å². The van der Waals surface area contributed by atoms with E-state index in [4.69, 9.17) is 14.5 Å². The Bertz CT molecular complexity index is 969. The molecule has 0 bridgehead atoms. The summed E-state index contributed by atoms with van der Waals surface area (Å²) in [5, 5.41) is 16.2. The SMILES string of the molecule is CC(C)N1CCC(Nc2ccc3c(c2)c(C2=NCCOC2)c(O)n3C2CCOCC2)CC1. The summed E-state index contributed by atoms with van der Waals surface area (Å²) in [6.45, 7) is 10.0. The monoisotopic (exact) mass is 440 g/mol. The molecule has 174 valence electrons. The number of hydrogen-bond acceptors (Lipinski definition) is 6. The Kier molecular flexibility index (Phi) is 6.40. The van der Waals surface area contributed by atoms with Gasteiger partial charge in [-0.3, -0.25) is 4.99 Å². The van der Waals surface area contributed by atoms with Gasteiger partial charge in [0.15, 0.2) is 0 Å². The molecular weight excluding hydrogens is 404 g/mol. The van der Waals surface area contributed by atoms with Gasteiger partial charge in [0.05, 0.1) is 36.6 Å². The number of aromatic hydroxyl groups is 1. The van der Waals surface area contributed by atoms with Gasteiger partial charge in [0.2, 0.25) is 5.88 Å². The molecule has 5 rings (SSSR count). The molecule has 2 saturated heterocycles. The summed E-state index contributed by atoms with van der Waals surface area (Å²) >= 11 is 0. The predicted molar refractivity (Wildman–Crippen MR) is 128 cm³/mol. The second kappa shape index (κ2) is 9.41. The van der Waals surface area contributed by atoms with Crippen molar-refractivity contribution in [3.05, 3.63) is 23.8 Å². The van der Waals surface area contributed by atoms with Crippen LogP contribution < -0.4 is 5.32 Å². The lowest BCUT2D eigenvalue weighted by Gasteiger charge is -2.35. The van der Waals surface area contributed by atoms with Gasteiger partial charge < -0.3 is 29.4 Å². The van der Waals surface area contributed by atoms with Gasteiger partial charge in [0, 0.05) is 55.5 Å². The molecule has 4 heterocycles. The quantitative estimate of drug-likeness (QED) is 0.740. The van der Waals surface area contributed by atoms with Gasteiger partial charge in [-0.15, -0.1) is 0 Å². The van der Waals surface area contributed by atoms with Crippen molar-refractivity contribution < 1.29 is 14.6 Å². The Morgan fingerprint density at radius 1 is 1.06 bits per heavy atom. The molecular formula is C25H36N4O3. The average molecular weight is 441 g/mol. The number of ether oxygens (including phenoxy) is 2. The van der Waals surface area contributed by atoms with Crippen molar-refractivity contribution in [3.8, 4) is 5.88 Å². The van der Waals surface area contributed by atoms with Crippen LogP contribution in [0.1, 0.15) is 51.1 Å². The number of aliphatic imine (C=N–C) groups is 1. The smallest absolute Gasteiger partial charge is 0.201 e. The van der Waals surface area contributed by atoms with E-state index in [0.717, 1.165) is 79.9 Å². The van der Waals surface area contributed by atoms with Crippen LogP contribution in [0, 0.1) is 0 Å². The molecule has 0 radical (unpaired) electrons. The van der Waals surface area contributed by atoms with E-state index >= 15 is 0 Å². The van der Waals surface area contributed by atoms with E-state index in [2.05, 4.69) is 46.8 Å². The fraction of sp³-hybridized carbons (Fsp3) is 0.640. The number of hydrogen-bond donors (Lipinski definition) is 2. The number of benzene rings is 1. The lowest BCUT2D eigenvalue weighted by atomic mass is 10.0. The molecule has 1 aromatic carbocycles. The van der Waals surface area contributed by atoms with Crippen LogP contribution in [0.3, 0.4) is 0 Å². The first-order chi connectivity index (χ1) is 15.6. The number of aromatic nitrogens is 1. The molecule has 0 atom stereocenters. The van der Waals surface area contributed by atoms with E-state index in [1.807, 2.05) is 0 Å². The van der Waals surface area contributed by atoms with Gasteiger partial charge in [0.1, 0.15) is 0 Å². The highest BCUT2D eigenvalue weighted by atomic mass is 16.5. The third kappa shape index (κ3) is 4.26. The summed E-state index contributed by atoms with van der Waals surface area (Å²) in [6, 6.07) is 7.85. The van der Waals surface area contributed by atoms with Crippen LogP contribution in [0.2, 0.25) is 0 Å². The summed E-state index contributed by atoms with van der Waals surface area (Å²) in [6.07, 6.45) is 4.12. The van der Waals surface area contributed by atoms with Crippen LogP contribution in [0.25, 0.3) is 10.9 Å². The summed E-state index contributed by atoms with van der Waals surface area (Å²) in [4.78, 5) is 7.26. The normalized spacial score (nSPS) is 21.9. The zero-order chi connectivity index (χ0) is 22.1. The molecule has 7 heteroatoms. The maximum Gasteiger partial charge on any atom is 0.201 e. The number of likely N-dealkylation sites (tertiary alicyclic amines) is 1. The first-order valence-electron chi connectivity index (χ1n) is 12.2. The zero-order valence-corrected chi connectivity index (χ0v) is 19.3. The standard InChI is InChI=1S/C25H36N4O3/c1-17(2)28-10-5-18(6-11-28)27-19-3-4-23-21(15-19)24(22-16-32-14-9-26-22)25(30)29(23)20-7-12-31-13-8-20/h3-4,15,17-18,20,27,30H,5-14,16H2,1-2H3. The zero-order valence-electron chi connectivity index (χ0n) is 19.3. The minimum atomic E-state index is 0.240. The van der Waals surface area contributed by atoms with Crippen molar-refractivity contribution in [2.75, 3.05) is 51.4 Å². The van der Waals surface area contributed by atoms with E-state index < -0.39 is 0 Å². The number of rotatable bonds is 5. The molecule has 0 aliphatic carbocycles. The minimum Gasteiger partial charge on any atom is -0.494 e. The van der Waals surface area contributed by atoms with Crippen molar-refractivity contribution in [2.24, 2.45) is 4.99 Å². The lowest BCUT2D eigenvalue weighted by Crippen LogP contribution is -2.42. The minimum absolute atomic E-state index is 0.240. The van der Waals surface area contributed by atoms with E-state index in [9.17, 15) is 5.11 Å². The van der Waals surface area contributed by atoms with Crippen molar-refractivity contribution in [2.45, 2.75) is 57.7 Å². The topological polar surface area (TPSA) is 71.2 Å². The average Bonchev–Trinajstić information content (AvgIpc) is 3.11. The lowest BCUT2D eigenvalue weighted by molar-refractivity contribution is 0.0688. The maximum absolute atomic E-state index is 11.4. The van der Waals surface area contributed by atoms with Gasteiger partial charge in [-0.1, -0.05) is 0 Å². The highest BCUT2D eigenvalue weighted by Gasteiger charge is 2.28. The second-order valence-corrected chi connectivity index (χ2v) is 9.57. The predicted octanol–water partition coefficient (Wildman–Crippen LogP) is 3.80. The molecule has 1 aromatic heterocycles. The van der Waals surface area contributed by atoms with Crippen LogP contribution in [-0.4, -0.2) is 78.4 Å². The van der Waals surface area contributed by atoms with Crippen LogP contribution in [0.5, 0.6) is 5.88 Å². The van der Waals surface area contributed by atoms with E-state index in [1.54, 1.807) is 0 Å². The van der Waals surface area contributed by atoms with E-state index in [-0.39, 0.29) is 6.04 Å². The highest BCUT2D eigenvalue weighted by Crippen LogP contribution is 2.39. The Balaban J connectivity index is 1.47. The van der Waals surface area contributed by atoms with Crippen molar-refractivity contribution in [3.63, 3.8) is 0 Å². The number of nitrogens with one attached hydrogen (secondary N) is 1. The molecule has 3 aliphatic heterocycles. The molecule has 0 unspecified atom stereocenters. The molecule has 7 nitrogen and oxygen atoms in total. The number of piperidine rings is 1. The van der Waals surface area contributed by atoms with Crippen molar-refractivity contribution in [1.82, 2.24) is 9.47 Å². The Hall–Kier alpha value is -2.09. The first kappa shape index (κ1) is 21.7. The number of fused-ring (bicyclic) bond motifs is 1. The van der Waals surface area contributed by atoms with Crippen molar-refractivity contribution in [1.29, 1.82) is 0 Å². The van der Waals surface area contributed by atoms with Gasteiger partial charge in [-0.2, -0.15) is 0 Å². The highest BCUT2D eigenvalue weighted by molar-refractivity contribution is 6.14. The van der Waals surface area contributed by atoms with Gasteiger partial charge in [-0.25, -0.2) is 0 Å². The summed E-state index contributed by atoms with van der Waals surface area (Å²) < 4.78 is 13.4. The second-order valence-electron chi connectivity index (χ2n) is 9.57. The van der Waals surface area contributed by atoms with Gasteiger partial charge in [-0.05, 0) is 57.7 Å². The van der Waals surface area contributed by atoms with Crippen LogP contribution in [0.4, 0.5) is 5.69 Å². The van der Waals surface area contributed by atoms with Crippen LogP contribution >= 0.6 is 0 Å². The fourth-order valence-corrected chi connectivity index (χ4v) is 5.40. The Labute approximate surface area is 190 Å². The Morgan fingerprint density at radius 3 is 2.53 bits per heavy atom. The van der Waals surface area contributed by atoms with E-state index in [0.29, 0.717) is 37.7 Å². The molecule has 2 aromatic rings. The summed E-state index contributed by atoms with van der Waals surface area (Å²) in [5.41, 5.74) is 3.87. The third-order valence-corrected chi connectivity index (χ3v) is 7.23. The molecule has 2 fully saturated rings. The van der Waals surface area contributed by atoms with E-state index in [1.165, 1.54) is 0 Å². The Morgan fingerprint density at radius 2 is 1.84 bits per heavy atom. The molecule has 0 spiro atoms. The van der Waals surface area contributed by atoms with Crippen LogP contribution in [-0.2, 0) is 9.47 Å². The summed E-state index contributed by atoms with van der Waals surface area (Å²) in [7, 11) is 0. The molecule has 0 amide bonds. The third-order valence-electron chi connectivity index (χ3n) is 7.23. The molecule has 3 aliphatic rings. The molecule has 32 heavy (non-hydrogen) atoms. The number of anilines is 1. The largest absolute Gasteiger partial charge is 0.494 e. The van der Waals surface area contributed by atoms with Gasteiger partial charge in [0.25, 0.3) is 0 Å². The van der Waals surface area contributed by atoms with Gasteiger partial charge >= 0.3 is 0 Å². The fourth-order valence-electron chi connectivity index (χ4n) is 5.40. The number of nitrogens with zero attached hydrogens (tertiary/aromatic N) is 3. The molecule has 2 N–H and O–H groups in total. The van der Waals surface area contributed by atoms with Crippen molar-refractivity contribution >= 4 is 22.3 Å².